The van der Waals surface area contributed by atoms with Crippen molar-refractivity contribution in [2.24, 2.45) is 0 Å². The van der Waals surface area contributed by atoms with E-state index in [1.54, 1.807) is 12.1 Å². The third kappa shape index (κ3) is 6.36. The number of anilines is 1. The van der Waals surface area contributed by atoms with Crippen LogP contribution in [0.1, 0.15) is 36.0 Å². The predicted molar refractivity (Wildman–Crippen MR) is 134 cm³/mol. The van der Waals surface area contributed by atoms with E-state index in [0.29, 0.717) is 36.6 Å². The Morgan fingerprint density at radius 2 is 1.91 bits per heavy atom. The molecular formula is C26H33ClN4O3. The highest BCUT2D eigenvalue weighted by atomic mass is 35.5. The molecule has 1 saturated heterocycles. The molecule has 182 valence electrons. The lowest BCUT2D eigenvalue weighted by Crippen LogP contribution is -2.54. The molecule has 2 atom stereocenters. The maximum Gasteiger partial charge on any atom is 0.246 e. The highest BCUT2D eigenvalue weighted by Crippen LogP contribution is 2.20. The van der Waals surface area contributed by atoms with E-state index >= 15 is 0 Å². The Labute approximate surface area is 205 Å². The van der Waals surface area contributed by atoms with E-state index in [9.17, 15) is 14.7 Å². The highest BCUT2D eigenvalue weighted by Gasteiger charge is 2.29. The van der Waals surface area contributed by atoms with Crippen LogP contribution in [0.2, 0.25) is 5.02 Å². The first-order valence-electron chi connectivity index (χ1n) is 12.0. The molecule has 0 bridgehead atoms. The molecule has 0 radical (unpaired) electrons. The summed E-state index contributed by atoms with van der Waals surface area (Å²) in [5.41, 5.74) is 3.88. The standard InChI is InChI=1S/C26H33ClN4O3/c1-17-14-20(6-7-22(17)27)29-25(33)23(10-13-31-11-8-21(32)9-12-31)30-26(34)24-15-18-4-2-3-5-19(18)16-28-24/h2-7,14,21,23-24,28,32H,8-13,15-16H2,1H3,(H,29,33)(H,30,34)/t23-,24-/m0/s1. The average molecular weight is 485 g/mol. The minimum atomic E-state index is -0.672. The van der Waals surface area contributed by atoms with Crippen molar-refractivity contribution in [2.45, 2.75) is 57.3 Å². The number of aliphatic hydroxyl groups is 1. The van der Waals surface area contributed by atoms with Crippen molar-refractivity contribution in [2.75, 3.05) is 25.0 Å². The molecule has 34 heavy (non-hydrogen) atoms. The van der Waals surface area contributed by atoms with Gasteiger partial charge < -0.3 is 26.0 Å². The number of rotatable bonds is 7. The molecule has 2 amide bonds. The number of carbonyl (C=O) groups is 2. The summed E-state index contributed by atoms with van der Waals surface area (Å²) in [7, 11) is 0. The van der Waals surface area contributed by atoms with Gasteiger partial charge in [0.15, 0.2) is 0 Å². The van der Waals surface area contributed by atoms with Gasteiger partial charge >= 0.3 is 0 Å². The van der Waals surface area contributed by atoms with Crippen LogP contribution in [-0.4, -0.2) is 59.6 Å². The third-order valence-corrected chi connectivity index (χ3v) is 7.17. The topological polar surface area (TPSA) is 93.7 Å². The number of nitrogens with zero attached hydrogens (tertiary/aromatic N) is 1. The van der Waals surface area contributed by atoms with Crippen molar-refractivity contribution >= 4 is 29.1 Å². The Kier molecular flexibility index (Phi) is 8.21. The molecule has 2 aromatic carbocycles. The van der Waals surface area contributed by atoms with Crippen molar-refractivity contribution in [3.05, 3.63) is 64.2 Å². The summed E-state index contributed by atoms with van der Waals surface area (Å²) in [4.78, 5) is 28.6. The minimum absolute atomic E-state index is 0.170. The second-order valence-corrected chi connectivity index (χ2v) is 9.69. The molecule has 0 saturated carbocycles. The zero-order valence-electron chi connectivity index (χ0n) is 19.5. The van der Waals surface area contributed by atoms with Crippen LogP contribution in [0.25, 0.3) is 0 Å². The largest absolute Gasteiger partial charge is 0.393 e. The van der Waals surface area contributed by atoms with Gasteiger partial charge in [-0.15, -0.1) is 0 Å². The van der Waals surface area contributed by atoms with E-state index in [0.717, 1.165) is 37.1 Å². The quantitative estimate of drug-likeness (QED) is 0.485. The predicted octanol–water partition coefficient (Wildman–Crippen LogP) is 2.63. The number of halogens is 1. The molecule has 7 nitrogen and oxygen atoms in total. The highest BCUT2D eigenvalue weighted by molar-refractivity contribution is 6.31. The number of hydrogen-bond acceptors (Lipinski definition) is 5. The molecular weight excluding hydrogens is 452 g/mol. The average Bonchev–Trinajstić information content (AvgIpc) is 2.84. The molecule has 2 aliphatic heterocycles. The normalized spacial score (nSPS) is 19.8. The van der Waals surface area contributed by atoms with Crippen LogP contribution in [0.4, 0.5) is 5.69 Å². The SMILES string of the molecule is Cc1cc(NC(=O)[C@H](CCN2CCC(O)CC2)NC(=O)[C@@H]2Cc3ccccc3CN2)ccc1Cl. The van der Waals surface area contributed by atoms with Crippen LogP contribution in [0, 0.1) is 6.92 Å². The monoisotopic (exact) mass is 484 g/mol. The van der Waals surface area contributed by atoms with Crippen LogP contribution in [0.3, 0.4) is 0 Å². The van der Waals surface area contributed by atoms with Gasteiger partial charge in [-0.25, -0.2) is 0 Å². The summed E-state index contributed by atoms with van der Waals surface area (Å²) in [5.74, 6) is -0.417. The van der Waals surface area contributed by atoms with E-state index in [4.69, 9.17) is 11.6 Å². The number of fused-ring (bicyclic) bond motifs is 1. The van der Waals surface area contributed by atoms with E-state index in [-0.39, 0.29) is 24.0 Å². The van der Waals surface area contributed by atoms with E-state index in [2.05, 4.69) is 26.9 Å². The van der Waals surface area contributed by atoms with Crippen LogP contribution in [0.15, 0.2) is 42.5 Å². The van der Waals surface area contributed by atoms with Gasteiger partial charge in [-0.05, 0) is 67.5 Å². The number of likely N-dealkylation sites (tertiary alicyclic amines) is 1. The first-order valence-corrected chi connectivity index (χ1v) is 12.3. The van der Waals surface area contributed by atoms with Crippen LogP contribution >= 0.6 is 11.6 Å². The lowest BCUT2D eigenvalue weighted by atomic mass is 9.95. The number of piperidine rings is 1. The van der Waals surface area contributed by atoms with Crippen molar-refractivity contribution in [1.29, 1.82) is 0 Å². The number of aliphatic hydroxyl groups excluding tert-OH is 1. The Balaban J connectivity index is 1.42. The van der Waals surface area contributed by atoms with Crippen molar-refractivity contribution < 1.29 is 14.7 Å². The smallest absolute Gasteiger partial charge is 0.246 e. The van der Waals surface area contributed by atoms with Crippen LogP contribution < -0.4 is 16.0 Å². The fourth-order valence-electron chi connectivity index (χ4n) is 4.59. The van der Waals surface area contributed by atoms with Crippen molar-refractivity contribution in [3.8, 4) is 0 Å². The molecule has 0 aromatic heterocycles. The van der Waals surface area contributed by atoms with Gasteiger partial charge in [0, 0.05) is 36.9 Å². The molecule has 2 heterocycles. The second-order valence-electron chi connectivity index (χ2n) is 9.28. The maximum absolute atomic E-state index is 13.2. The van der Waals surface area contributed by atoms with Crippen LogP contribution in [-0.2, 0) is 22.6 Å². The summed E-state index contributed by atoms with van der Waals surface area (Å²) in [6.45, 7) is 4.77. The Morgan fingerprint density at radius 3 is 2.65 bits per heavy atom. The Bertz CT molecular complexity index is 1020. The lowest BCUT2D eigenvalue weighted by molar-refractivity contribution is -0.128. The molecule has 0 spiro atoms. The molecule has 8 heteroatoms. The number of amides is 2. The third-order valence-electron chi connectivity index (χ3n) is 6.75. The van der Waals surface area contributed by atoms with E-state index in [1.807, 2.05) is 31.2 Å². The van der Waals surface area contributed by atoms with Gasteiger partial charge in [-0.2, -0.15) is 0 Å². The number of aryl methyl sites for hydroxylation is 1. The number of hydrogen-bond donors (Lipinski definition) is 4. The first kappa shape index (κ1) is 24.7. The summed E-state index contributed by atoms with van der Waals surface area (Å²) in [6.07, 6.45) is 2.31. The summed E-state index contributed by atoms with van der Waals surface area (Å²) in [6, 6.07) is 12.4. The fourth-order valence-corrected chi connectivity index (χ4v) is 4.70. The van der Waals surface area contributed by atoms with Gasteiger partial charge in [-0.1, -0.05) is 35.9 Å². The van der Waals surface area contributed by atoms with Gasteiger partial charge in [-0.3, -0.25) is 9.59 Å². The molecule has 4 N–H and O–H groups in total. The zero-order chi connectivity index (χ0) is 24.1. The number of carbonyl (C=O) groups excluding carboxylic acids is 2. The van der Waals surface area contributed by atoms with E-state index in [1.165, 1.54) is 5.56 Å². The van der Waals surface area contributed by atoms with Gasteiger partial charge in [0.05, 0.1) is 12.1 Å². The summed E-state index contributed by atoms with van der Waals surface area (Å²) in [5, 5.41) is 19.6. The molecule has 4 rings (SSSR count). The minimum Gasteiger partial charge on any atom is -0.393 e. The lowest BCUT2D eigenvalue weighted by Gasteiger charge is -2.31. The van der Waals surface area contributed by atoms with Crippen molar-refractivity contribution in [3.63, 3.8) is 0 Å². The van der Waals surface area contributed by atoms with Gasteiger partial charge in [0.2, 0.25) is 11.8 Å². The zero-order valence-corrected chi connectivity index (χ0v) is 20.3. The maximum atomic E-state index is 13.2. The Morgan fingerprint density at radius 1 is 1.18 bits per heavy atom. The molecule has 0 unspecified atom stereocenters. The number of benzene rings is 2. The first-order chi connectivity index (χ1) is 16.4. The van der Waals surface area contributed by atoms with Gasteiger partial charge in [0.1, 0.15) is 6.04 Å². The van der Waals surface area contributed by atoms with Crippen LogP contribution in [0.5, 0.6) is 0 Å². The molecule has 2 aromatic rings. The fraction of sp³-hybridized carbons (Fsp3) is 0.462. The summed E-state index contributed by atoms with van der Waals surface area (Å²) >= 11 is 6.12. The number of nitrogens with one attached hydrogen (secondary N) is 3. The molecule has 2 aliphatic rings. The van der Waals surface area contributed by atoms with Crippen molar-refractivity contribution in [1.82, 2.24) is 15.5 Å². The Hall–Kier alpha value is -2.45. The summed E-state index contributed by atoms with van der Waals surface area (Å²) < 4.78 is 0. The second kappa shape index (κ2) is 11.3. The molecule has 0 aliphatic carbocycles. The molecule has 1 fully saturated rings. The van der Waals surface area contributed by atoms with Gasteiger partial charge in [0.25, 0.3) is 0 Å². The van der Waals surface area contributed by atoms with E-state index < -0.39 is 6.04 Å².